The molecule has 1 amide bonds. The quantitative estimate of drug-likeness (QED) is 0.594. The van der Waals surface area contributed by atoms with Crippen LogP contribution in [0, 0.1) is 0 Å². The monoisotopic (exact) mass is 314 g/mol. The van der Waals surface area contributed by atoms with Crippen LogP contribution in [0.15, 0.2) is 83.4 Å². The zero-order chi connectivity index (χ0) is 16.4. The van der Waals surface area contributed by atoms with Gasteiger partial charge in [0.25, 0.3) is 5.91 Å². The molecule has 1 N–H and O–H groups in total. The Labute approximate surface area is 138 Å². The molecule has 4 nitrogen and oxygen atoms in total. The Hall–Kier alpha value is -3.40. The summed E-state index contributed by atoms with van der Waals surface area (Å²) in [6, 6.07) is 22.8. The van der Waals surface area contributed by atoms with Crippen molar-refractivity contribution in [2.75, 3.05) is 5.32 Å². The van der Waals surface area contributed by atoms with E-state index in [0.29, 0.717) is 11.4 Å². The van der Waals surface area contributed by atoms with Crippen LogP contribution in [-0.2, 0) is 0 Å². The number of anilines is 1. The minimum absolute atomic E-state index is 0.285. The summed E-state index contributed by atoms with van der Waals surface area (Å²) in [5, 5.41) is 3.70. The third-order valence-electron chi connectivity index (χ3n) is 3.77. The first kappa shape index (κ1) is 14.2. The number of carbonyl (C=O) groups is 1. The zero-order valence-corrected chi connectivity index (χ0v) is 12.8. The smallest absolute Gasteiger partial charge is 0.293 e. The van der Waals surface area contributed by atoms with Crippen LogP contribution in [0.3, 0.4) is 0 Å². The molecule has 0 saturated heterocycles. The molecule has 0 spiro atoms. The van der Waals surface area contributed by atoms with Gasteiger partial charge in [-0.25, -0.2) is 4.98 Å². The number of amides is 1. The zero-order valence-electron chi connectivity index (χ0n) is 12.8. The van der Waals surface area contributed by atoms with E-state index in [2.05, 4.69) is 10.3 Å². The van der Waals surface area contributed by atoms with E-state index in [1.54, 1.807) is 18.3 Å². The van der Waals surface area contributed by atoms with E-state index in [1.807, 2.05) is 60.7 Å². The molecule has 0 aliphatic heterocycles. The number of hydrogen-bond donors (Lipinski definition) is 1. The van der Waals surface area contributed by atoms with Crippen molar-refractivity contribution in [2.24, 2.45) is 0 Å². The van der Waals surface area contributed by atoms with Crippen molar-refractivity contribution >= 4 is 22.7 Å². The fraction of sp³-hybridized carbons (Fsp3) is 0. The normalized spacial score (nSPS) is 10.7. The lowest BCUT2D eigenvalue weighted by Crippen LogP contribution is -2.12. The fourth-order valence-corrected chi connectivity index (χ4v) is 2.71. The summed E-state index contributed by atoms with van der Waals surface area (Å²) in [4.78, 5) is 16.9. The molecule has 4 rings (SSSR count). The standard InChI is InChI=1S/C20H14N2O2/c23-20(22-17-12-6-7-13-21-17)19-18(14-8-2-1-3-9-14)15-10-4-5-11-16(15)24-19/h1-13H,(H,21,22,23). The highest BCUT2D eigenvalue weighted by molar-refractivity contribution is 6.12. The second-order valence-corrected chi connectivity index (χ2v) is 5.34. The van der Waals surface area contributed by atoms with Crippen molar-refractivity contribution in [1.82, 2.24) is 4.98 Å². The van der Waals surface area contributed by atoms with Crippen molar-refractivity contribution < 1.29 is 9.21 Å². The van der Waals surface area contributed by atoms with Crippen LogP contribution < -0.4 is 5.32 Å². The Morgan fingerprint density at radius 2 is 1.62 bits per heavy atom. The number of para-hydroxylation sites is 1. The van der Waals surface area contributed by atoms with E-state index in [4.69, 9.17) is 4.42 Å². The van der Waals surface area contributed by atoms with Gasteiger partial charge in [-0.2, -0.15) is 0 Å². The number of aromatic nitrogens is 1. The molecular weight excluding hydrogens is 300 g/mol. The predicted octanol–water partition coefficient (Wildman–Crippen LogP) is 4.75. The lowest BCUT2D eigenvalue weighted by Gasteiger charge is -2.05. The second kappa shape index (κ2) is 6.01. The van der Waals surface area contributed by atoms with E-state index in [0.717, 1.165) is 16.5 Å². The molecule has 4 heteroatoms. The van der Waals surface area contributed by atoms with Crippen molar-refractivity contribution in [1.29, 1.82) is 0 Å². The minimum atomic E-state index is -0.316. The molecule has 0 radical (unpaired) electrons. The van der Waals surface area contributed by atoms with Crippen LogP contribution in [0.5, 0.6) is 0 Å². The molecule has 2 heterocycles. The number of hydrogen-bond acceptors (Lipinski definition) is 3. The molecule has 0 aliphatic rings. The summed E-state index contributed by atoms with van der Waals surface area (Å²) < 4.78 is 5.85. The second-order valence-electron chi connectivity index (χ2n) is 5.34. The number of furan rings is 1. The minimum Gasteiger partial charge on any atom is -0.450 e. The molecule has 0 fully saturated rings. The largest absolute Gasteiger partial charge is 0.450 e. The van der Waals surface area contributed by atoms with Gasteiger partial charge in [-0.1, -0.05) is 54.6 Å². The fourth-order valence-electron chi connectivity index (χ4n) is 2.71. The summed E-state index contributed by atoms with van der Waals surface area (Å²) in [7, 11) is 0. The number of fused-ring (bicyclic) bond motifs is 1. The van der Waals surface area contributed by atoms with Crippen molar-refractivity contribution in [3.8, 4) is 11.1 Å². The van der Waals surface area contributed by atoms with Gasteiger partial charge >= 0.3 is 0 Å². The number of benzene rings is 2. The van der Waals surface area contributed by atoms with Crippen LogP contribution in [0.4, 0.5) is 5.82 Å². The molecule has 0 atom stereocenters. The van der Waals surface area contributed by atoms with Crippen LogP contribution in [0.2, 0.25) is 0 Å². The maximum Gasteiger partial charge on any atom is 0.293 e. The van der Waals surface area contributed by atoms with Gasteiger partial charge in [0.05, 0.1) is 0 Å². The van der Waals surface area contributed by atoms with Crippen molar-refractivity contribution in [2.45, 2.75) is 0 Å². The molecule has 24 heavy (non-hydrogen) atoms. The molecular formula is C20H14N2O2. The summed E-state index contributed by atoms with van der Waals surface area (Å²) in [5.41, 5.74) is 2.41. The van der Waals surface area contributed by atoms with Gasteiger partial charge in [0.15, 0.2) is 0 Å². The highest BCUT2D eigenvalue weighted by atomic mass is 16.3. The third kappa shape index (κ3) is 2.54. The van der Waals surface area contributed by atoms with Gasteiger partial charge in [-0.15, -0.1) is 0 Å². The molecule has 0 bridgehead atoms. The van der Waals surface area contributed by atoms with Gasteiger partial charge in [0, 0.05) is 17.1 Å². The maximum atomic E-state index is 12.7. The van der Waals surface area contributed by atoms with Crippen LogP contribution in [0.1, 0.15) is 10.6 Å². The summed E-state index contributed by atoms with van der Waals surface area (Å²) in [6.45, 7) is 0. The first-order valence-electron chi connectivity index (χ1n) is 7.62. The maximum absolute atomic E-state index is 12.7. The van der Waals surface area contributed by atoms with Crippen molar-refractivity contribution in [3.63, 3.8) is 0 Å². The topological polar surface area (TPSA) is 55.1 Å². The molecule has 0 unspecified atom stereocenters. The number of rotatable bonds is 3. The van der Waals surface area contributed by atoms with Gasteiger partial charge in [-0.05, 0) is 23.8 Å². The Morgan fingerprint density at radius 1 is 0.875 bits per heavy atom. The predicted molar refractivity (Wildman–Crippen MR) is 93.8 cm³/mol. The third-order valence-corrected chi connectivity index (χ3v) is 3.77. The Balaban J connectivity index is 1.84. The average Bonchev–Trinajstić information content (AvgIpc) is 3.03. The number of nitrogens with one attached hydrogen (secondary N) is 1. The Kier molecular flexibility index (Phi) is 3.56. The van der Waals surface area contributed by atoms with Crippen LogP contribution >= 0.6 is 0 Å². The molecule has 0 aliphatic carbocycles. The van der Waals surface area contributed by atoms with E-state index < -0.39 is 0 Å². The highest BCUT2D eigenvalue weighted by Gasteiger charge is 2.21. The van der Waals surface area contributed by atoms with E-state index >= 15 is 0 Å². The molecule has 2 aromatic heterocycles. The van der Waals surface area contributed by atoms with Crippen molar-refractivity contribution in [3.05, 3.63) is 84.8 Å². The Bertz CT molecular complexity index is 992. The number of pyridine rings is 1. The SMILES string of the molecule is O=C(Nc1ccccn1)c1oc2ccccc2c1-c1ccccc1. The average molecular weight is 314 g/mol. The lowest BCUT2D eigenvalue weighted by atomic mass is 10.0. The number of carbonyl (C=O) groups excluding carboxylic acids is 1. The van der Waals surface area contributed by atoms with Gasteiger partial charge in [0.1, 0.15) is 11.4 Å². The Morgan fingerprint density at radius 3 is 2.42 bits per heavy atom. The summed E-state index contributed by atoms with van der Waals surface area (Å²) >= 11 is 0. The highest BCUT2D eigenvalue weighted by Crippen LogP contribution is 2.35. The van der Waals surface area contributed by atoms with E-state index in [9.17, 15) is 4.79 Å². The summed E-state index contributed by atoms with van der Waals surface area (Å²) in [5.74, 6) is 0.457. The molecule has 116 valence electrons. The van der Waals surface area contributed by atoms with E-state index in [-0.39, 0.29) is 11.7 Å². The lowest BCUT2D eigenvalue weighted by molar-refractivity contribution is 0.0999. The number of nitrogens with zero attached hydrogens (tertiary/aromatic N) is 1. The van der Waals surface area contributed by atoms with E-state index in [1.165, 1.54) is 0 Å². The van der Waals surface area contributed by atoms with Gasteiger partial charge in [-0.3, -0.25) is 4.79 Å². The van der Waals surface area contributed by atoms with Crippen LogP contribution in [0.25, 0.3) is 22.1 Å². The molecule has 0 saturated carbocycles. The van der Waals surface area contributed by atoms with Gasteiger partial charge in [0.2, 0.25) is 5.76 Å². The first-order chi connectivity index (χ1) is 11.8. The first-order valence-corrected chi connectivity index (χ1v) is 7.62. The summed E-state index contributed by atoms with van der Waals surface area (Å²) in [6.07, 6.45) is 1.63. The van der Waals surface area contributed by atoms with Crippen LogP contribution in [-0.4, -0.2) is 10.9 Å². The molecule has 4 aromatic rings. The van der Waals surface area contributed by atoms with Gasteiger partial charge < -0.3 is 9.73 Å². The molecule has 2 aromatic carbocycles.